The number of carbonyl (C=O) groups excluding carboxylic acids is 5. The Labute approximate surface area is 393 Å². The molecule has 0 aromatic heterocycles. The number of aliphatic hydroxyl groups excluding tert-OH is 5. The smallest absolute Gasteiger partial charge is 1.00 e. The maximum atomic E-state index is 12.5. The van der Waals surface area contributed by atoms with Gasteiger partial charge in [0.25, 0.3) is 7.82 Å². The van der Waals surface area contributed by atoms with E-state index in [-0.39, 0.29) is 96.7 Å². The number of phosphoric ester groups is 1. The van der Waals surface area contributed by atoms with Crippen LogP contribution < -0.4 is 56.1 Å². The van der Waals surface area contributed by atoms with Gasteiger partial charge >= 0.3 is 29.6 Å². The van der Waals surface area contributed by atoms with Gasteiger partial charge in [-0.25, -0.2) is 0 Å². The van der Waals surface area contributed by atoms with Crippen LogP contribution in [0.25, 0.3) is 0 Å². The molecule has 352 valence electrons. The summed E-state index contributed by atoms with van der Waals surface area (Å²) in [6, 6.07) is 0. The SMILES string of the molecule is CN.CNC(=O)CCS.CNC(=O)CCSC1CC(=O)N(CCC(=O)NCCOCCOP(=O)([O-])O[C@@H]2C(O)[C@H](OCC(O)C(O)C(C)O)O[C@@H]2CO)C1=O.O.P=S.[2H-].[2H-].[2H-].[3H][3H].[3H][3H].[Na+]. The van der Waals surface area contributed by atoms with Crippen molar-refractivity contribution in [3.63, 3.8) is 0 Å². The molecule has 12 N–H and O–H groups in total. The summed E-state index contributed by atoms with van der Waals surface area (Å²) in [4.78, 5) is 71.6. The van der Waals surface area contributed by atoms with Crippen molar-refractivity contribution in [3.05, 3.63) is 0 Å². The molecule has 2 rings (SSSR count). The van der Waals surface area contributed by atoms with Crippen LogP contribution in [0, 0.1) is 0 Å². The number of aliphatic hydroxyl groups is 5. The molecule has 0 aromatic rings. The molecule has 0 saturated carbocycles. The molecule has 2 saturated heterocycles. The number of ether oxygens (including phenoxy) is 3. The van der Waals surface area contributed by atoms with Crippen molar-refractivity contribution in [2.75, 3.05) is 78.8 Å². The number of nitrogens with zero attached hydrogens (tertiary/aromatic N) is 1. The molecule has 2 fully saturated rings. The van der Waals surface area contributed by atoms with Gasteiger partial charge in [0.1, 0.15) is 30.5 Å². The predicted molar refractivity (Wildman–Crippen MR) is 224 cm³/mol. The third-order valence-electron chi connectivity index (χ3n) is 7.40. The molecule has 6 unspecified atom stereocenters. The van der Waals surface area contributed by atoms with Crippen LogP contribution in [-0.4, -0.2) is 192 Å². The van der Waals surface area contributed by atoms with Gasteiger partial charge in [-0.15, -0.1) is 11.8 Å². The molecule has 2 aliphatic heterocycles. The molecule has 0 aliphatic carbocycles. The zero-order valence-corrected chi connectivity index (χ0v) is 40.1. The Balaban J connectivity index is -0.000000205. The fourth-order valence-electron chi connectivity index (χ4n) is 4.45. The van der Waals surface area contributed by atoms with E-state index in [1.54, 1.807) is 7.05 Å². The molecule has 0 spiro atoms. The first-order valence-electron chi connectivity index (χ1n) is 19.4. The van der Waals surface area contributed by atoms with Crippen molar-refractivity contribution >= 4 is 81.6 Å². The maximum Gasteiger partial charge on any atom is 1.00 e. The Hall–Kier alpha value is -0.520. The van der Waals surface area contributed by atoms with E-state index in [2.05, 4.69) is 54.1 Å². The predicted octanol–water partition coefficient (Wildman–Crippen LogP) is -7.20. The Bertz CT molecular complexity index is 1280. The van der Waals surface area contributed by atoms with Gasteiger partial charge in [0.05, 0.1) is 44.4 Å². The van der Waals surface area contributed by atoms with Crippen LogP contribution in [0.5, 0.6) is 0 Å². The third-order valence-corrected chi connectivity index (χ3v) is 9.83. The number of nitrogens with two attached hydrogens (primary N) is 1. The minimum Gasteiger partial charge on any atom is -1.00 e. The van der Waals surface area contributed by atoms with Gasteiger partial charge in [-0.3, -0.25) is 33.4 Å². The Kier molecular flexibility index (Phi) is 39.0. The van der Waals surface area contributed by atoms with Crippen LogP contribution in [0.3, 0.4) is 0 Å². The first-order chi connectivity index (χ1) is 29.0. The van der Waals surface area contributed by atoms with Gasteiger partial charge in [-0.1, -0.05) is 11.8 Å². The second-order valence-corrected chi connectivity index (χ2v) is 14.5. The fraction of sp³-hybridized carbons (Fsp3) is 0.833. The molecule has 5 amide bonds. The molecule has 0 radical (unpaired) electrons. The Morgan fingerprint density at radius 2 is 1.73 bits per heavy atom. The van der Waals surface area contributed by atoms with E-state index in [4.69, 9.17) is 29.2 Å². The molecule has 59 heavy (non-hydrogen) atoms. The third kappa shape index (κ3) is 27.3. The summed E-state index contributed by atoms with van der Waals surface area (Å²) in [5.74, 6) is -0.350. The summed E-state index contributed by atoms with van der Waals surface area (Å²) >= 11 is 8.96. The fourth-order valence-corrected chi connectivity index (χ4v) is 6.69. The maximum absolute atomic E-state index is 12.5. The van der Waals surface area contributed by atoms with Gasteiger partial charge in [0.2, 0.25) is 29.5 Å². The summed E-state index contributed by atoms with van der Waals surface area (Å²) in [6.45, 7) is -0.932. The number of phosphoric acid groups is 1. The second-order valence-electron chi connectivity index (χ2n) is 11.4. The number of nitrogens with one attached hydrogen (secondary N) is 3. The first-order valence-corrected chi connectivity index (χ1v) is 22.1. The number of rotatable bonds is 24. The summed E-state index contributed by atoms with van der Waals surface area (Å²) in [5.41, 5.74) is 4.50. The van der Waals surface area contributed by atoms with E-state index in [0.717, 1.165) is 4.90 Å². The van der Waals surface area contributed by atoms with Crippen molar-refractivity contribution in [1.82, 2.24) is 20.9 Å². The molecule has 2 aliphatic rings. The minimum atomic E-state index is -5.05. The second kappa shape index (κ2) is 38.0. The topological polar surface area (TPSA) is 370 Å². The first kappa shape index (κ1) is 60.6. The number of hydrogen-bond donors (Lipinski definition) is 10. The Morgan fingerprint density at radius 1 is 1.14 bits per heavy atom. The van der Waals surface area contributed by atoms with Crippen molar-refractivity contribution < 1.29 is 127 Å². The van der Waals surface area contributed by atoms with Gasteiger partial charge in [-0.2, -0.15) is 12.6 Å². The summed E-state index contributed by atoms with van der Waals surface area (Å²) < 4.78 is 57.4. The summed E-state index contributed by atoms with van der Waals surface area (Å²) in [6.07, 6.45) is -10.0. The van der Waals surface area contributed by atoms with Crippen molar-refractivity contribution in [2.24, 2.45) is 5.73 Å². The van der Waals surface area contributed by atoms with E-state index < -0.39 is 93.5 Å². The van der Waals surface area contributed by atoms with E-state index in [1.165, 1.54) is 32.8 Å². The van der Waals surface area contributed by atoms with Crippen molar-refractivity contribution in [1.29, 1.82) is 0 Å². The van der Waals surface area contributed by atoms with Crippen molar-refractivity contribution in [2.45, 2.75) is 80.8 Å². The average molecular weight is 978 g/mol. The number of imide groups is 1. The molecular weight excluding hydrogens is 899 g/mol. The zero-order valence-electron chi connectivity index (χ0n) is 40.7. The van der Waals surface area contributed by atoms with Crippen LogP contribution in [0.4, 0.5) is 0 Å². The van der Waals surface area contributed by atoms with Crippen LogP contribution in [0.2, 0.25) is 0 Å². The van der Waals surface area contributed by atoms with E-state index in [0.29, 0.717) is 17.9 Å². The quantitative estimate of drug-likeness (QED) is 0.0141. The molecule has 0 bridgehead atoms. The van der Waals surface area contributed by atoms with Gasteiger partial charge < -0.3 is 85.1 Å². The van der Waals surface area contributed by atoms with Crippen LogP contribution in [0.1, 0.15) is 42.8 Å². The standard InChI is InChI=1S/C25H44N3O16PS.C4H9NOS.CH5N.Na.H2O.HPS.2H2.3H/c1-14(30)21(35)15(31)13-41-25-22(36)23(16(12-29)43-25)44-45(38,39)42-9-8-40-7-5-27-19(33)3-6-28-20(34)11-17(24(28)37)46-10-4-18(32)26-2;1-5-4(6)2-3-7;1-2;;;1-2;;;;;/h14-17,21-23,25,29-31,35-36H,3-13H2,1-2H3,(H,26,32)(H,27,33)(H,38,39);7H,2-3H2,1H3,(H,5,6);2H2,1H3;;1H2;1H;2*1H;;;/q;;;+1;;;;;3*-1/p-1/t14?,15?,16-,17?,21?,22?,23+,25-;;;;;;;;;;/m1........../s1/i;;;;;;2*1+2T;3*1+1. The zero-order chi connectivity index (χ0) is 48.1. The Morgan fingerprint density at radius 3 is 2.25 bits per heavy atom. The number of amides is 5. The number of hydrogen-bond acceptors (Lipinski definition) is 21. The van der Waals surface area contributed by atoms with Crippen LogP contribution in [0.15, 0.2) is 0 Å². The van der Waals surface area contributed by atoms with E-state index in [1.807, 2.05) is 0 Å². The number of thiol groups is 1. The number of carbonyl (C=O) groups is 5. The molecule has 0 aromatic carbocycles. The van der Waals surface area contributed by atoms with Crippen LogP contribution in [-0.2, 0) is 63.6 Å². The normalized spacial score (nSPS) is 22.1. The number of thioether (sulfide) groups is 1. The molecule has 23 nitrogen and oxygen atoms in total. The van der Waals surface area contributed by atoms with Gasteiger partial charge in [0, 0.05) is 64.6 Å². The molecule has 9 atom stereocenters. The van der Waals surface area contributed by atoms with E-state index >= 15 is 0 Å². The van der Waals surface area contributed by atoms with E-state index in [9.17, 15) is 59.0 Å². The molecule has 2 heterocycles. The van der Waals surface area contributed by atoms with Crippen molar-refractivity contribution in [3.8, 4) is 0 Å². The van der Waals surface area contributed by atoms with Gasteiger partial charge in [-0.05, 0) is 27.7 Å². The molecular formula is C30H67N5NaO18P2S3-3. The van der Waals surface area contributed by atoms with Gasteiger partial charge in [0.15, 0.2) is 6.29 Å². The average Bonchev–Trinajstić information content (AvgIpc) is 3.71. The summed E-state index contributed by atoms with van der Waals surface area (Å²) in [7, 11) is 2.13. The van der Waals surface area contributed by atoms with Crippen LogP contribution >= 0.6 is 40.2 Å². The summed E-state index contributed by atoms with van der Waals surface area (Å²) in [5, 5.41) is 55.5. The molecule has 29 heteroatoms. The largest absolute Gasteiger partial charge is 1.00 e. The monoisotopic (exact) mass is 977 g/mol. The minimum absolute atomic E-state index is 0. The number of likely N-dealkylation sites (tertiary alicyclic amines) is 1.